The molecule has 0 spiro atoms. The van der Waals surface area contributed by atoms with Gasteiger partial charge in [-0.15, -0.1) is 0 Å². The minimum atomic E-state index is -0.593. The first-order valence-corrected chi connectivity index (χ1v) is 7.11. The summed E-state index contributed by atoms with van der Waals surface area (Å²) in [5, 5.41) is 14.0. The molecule has 0 radical (unpaired) electrons. The third-order valence-corrected chi connectivity index (χ3v) is 3.60. The van der Waals surface area contributed by atoms with Crippen molar-refractivity contribution >= 4 is 39.9 Å². The van der Waals surface area contributed by atoms with Gasteiger partial charge in [0.15, 0.2) is 0 Å². The number of nitro groups is 1. The van der Waals surface area contributed by atoms with E-state index in [0.29, 0.717) is 16.7 Å². The highest BCUT2D eigenvalue weighted by molar-refractivity contribution is 6.34. The number of amides is 1. The van der Waals surface area contributed by atoms with Crippen molar-refractivity contribution in [2.75, 3.05) is 5.32 Å². The molecule has 8 heteroatoms. The van der Waals surface area contributed by atoms with Crippen molar-refractivity contribution in [3.05, 3.63) is 79.7 Å². The molecule has 0 aliphatic carbocycles. The van der Waals surface area contributed by atoms with E-state index in [2.05, 4.69) is 5.32 Å². The fourth-order valence-electron chi connectivity index (χ4n) is 2.15. The number of halogens is 1. The van der Waals surface area contributed by atoms with Crippen molar-refractivity contribution < 1.29 is 14.1 Å². The Labute approximate surface area is 139 Å². The second kappa shape index (κ2) is 6.13. The molecule has 3 rings (SSSR count). The molecule has 24 heavy (non-hydrogen) atoms. The van der Waals surface area contributed by atoms with Crippen LogP contribution in [0.25, 0.3) is 11.0 Å². The molecule has 1 amide bonds. The van der Waals surface area contributed by atoms with Crippen LogP contribution < -0.4 is 10.9 Å². The Morgan fingerprint density at radius 2 is 1.92 bits per heavy atom. The van der Waals surface area contributed by atoms with Crippen molar-refractivity contribution in [1.29, 1.82) is 0 Å². The molecule has 0 aliphatic rings. The number of nitrogens with zero attached hydrogens (tertiary/aromatic N) is 1. The number of hydrogen-bond acceptors (Lipinski definition) is 5. The van der Waals surface area contributed by atoms with Gasteiger partial charge in [-0.3, -0.25) is 14.9 Å². The van der Waals surface area contributed by atoms with Gasteiger partial charge in [0.2, 0.25) is 0 Å². The van der Waals surface area contributed by atoms with Crippen molar-refractivity contribution in [2.45, 2.75) is 0 Å². The zero-order chi connectivity index (χ0) is 17.3. The predicted octanol–water partition coefficient (Wildman–Crippen LogP) is 3.61. The molecule has 0 atom stereocenters. The van der Waals surface area contributed by atoms with Gasteiger partial charge in [-0.25, -0.2) is 4.79 Å². The lowest BCUT2D eigenvalue weighted by Crippen LogP contribution is -2.12. The van der Waals surface area contributed by atoms with Crippen LogP contribution in [0.3, 0.4) is 0 Å². The number of carbonyl (C=O) groups is 1. The molecule has 0 unspecified atom stereocenters. The van der Waals surface area contributed by atoms with Gasteiger partial charge in [0.1, 0.15) is 5.58 Å². The Morgan fingerprint density at radius 1 is 1.12 bits per heavy atom. The maximum Gasteiger partial charge on any atom is 0.336 e. The van der Waals surface area contributed by atoms with Crippen molar-refractivity contribution in [3.8, 4) is 0 Å². The van der Waals surface area contributed by atoms with Crippen LogP contribution in [0.5, 0.6) is 0 Å². The lowest BCUT2D eigenvalue weighted by molar-refractivity contribution is -0.384. The van der Waals surface area contributed by atoms with E-state index in [0.717, 1.165) is 6.07 Å². The van der Waals surface area contributed by atoms with Crippen molar-refractivity contribution in [1.82, 2.24) is 0 Å². The Bertz CT molecular complexity index is 1030. The quantitative estimate of drug-likeness (QED) is 0.444. The number of fused-ring (bicyclic) bond motifs is 1. The van der Waals surface area contributed by atoms with E-state index < -0.39 is 16.5 Å². The molecular formula is C16H9ClN2O5. The van der Waals surface area contributed by atoms with Crippen molar-refractivity contribution in [3.63, 3.8) is 0 Å². The molecule has 2 aromatic carbocycles. The highest BCUT2D eigenvalue weighted by atomic mass is 35.5. The van der Waals surface area contributed by atoms with Crippen LogP contribution >= 0.6 is 11.6 Å². The zero-order valence-electron chi connectivity index (χ0n) is 12.0. The van der Waals surface area contributed by atoms with Gasteiger partial charge in [-0.05, 0) is 30.3 Å². The number of hydrogen-bond donors (Lipinski definition) is 1. The molecule has 0 fully saturated rings. The number of carbonyl (C=O) groups excluding carboxylic acids is 1. The summed E-state index contributed by atoms with van der Waals surface area (Å²) in [7, 11) is 0. The van der Waals surface area contributed by atoms with Gasteiger partial charge < -0.3 is 9.73 Å². The Hall–Kier alpha value is -3.19. The smallest absolute Gasteiger partial charge is 0.336 e. The summed E-state index contributed by atoms with van der Waals surface area (Å²) in [5.41, 5.74) is 0.320. The second-order valence-corrected chi connectivity index (χ2v) is 5.29. The summed E-state index contributed by atoms with van der Waals surface area (Å²) in [4.78, 5) is 33.5. The van der Waals surface area contributed by atoms with Gasteiger partial charge in [-0.2, -0.15) is 0 Å². The average molecular weight is 345 g/mol. The van der Waals surface area contributed by atoms with E-state index in [1.807, 2.05) is 0 Å². The number of nitrogens with one attached hydrogen (secondary N) is 1. The summed E-state index contributed by atoms with van der Waals surface area (Å²) in [6, 6.07) is 11.2. The molecule has 1 N–H and O–H groups in total. The summed E-state index contributed by atoms with van der Waals surface area (Å²) < 4.78 is 5.01. The minimum absolute atomic E-state index is 0.0199. The van der Waals surface area contributed by atoms with E-state index in [4.69, 9.17) is 16.0 Å². The molecule has 3 aromatic rings. The number of rotatable bonds is 3. The third kappa shape index (κ3) is 3.11. The Morgan fingerprint density at radius 3 is 2.62 bits per heavy atom. The van der Waals surface area contributed by atoms with Gasteiger partial charge >= 0.3 is 5.63 Å². The zero-order valence-corrected chi connectivity index (χ0v) is 12.7. The largest absolute Gasteiger partial charge is 0.423 e. The number of benzene rings is 2. The van der Waals surface area contributed by atoms with Crippen LogP contribution in [0.2, 0.25) is 5.02 Å². The van der Waals surface area contributed by atoms with E-state index >= 15 is 0 Å². The standard InChI is InChI=1S/C16H9ClN2O5/c17-13-8-11(19(22)23)3-4-12(13)16(21)18-10-2-5-14-9(7-10)1-6-15(20)24-14/h1-8H,(H,18,21). The summed E-state index contributed by atoms with van der Waals surface area (Å²) in [6.45, 7) is 0. The summed E-state index contributed by atoms with van der Waals surface area (Å²) >= 11 is 5.93. The van der Waals surface area contributed by atoms with E-state index in [1.54, 1.807) is 24.3 Å². The lowest BCUT2D eigenvalue weighted by atomic mass is 10.1. The Kier molecular flexibility index (Phi) is 4.01. The average Bonchev–Trinajstić information content (AvgIpc) is 2.54. The van der Waals surface area contributed by atoms with Crippen LogP contribution in [0, 0.1) is 10.1 Å². The monoisotopic (exact) mass is 344 g/mol. The molecule has 0 bridgehead atoms. The van der Waals surface area contributed by atoms with Crippen LogP contribution in [0.4, 0.5) is 11.4 Å². The fraction of sp³-hybridized carbons (Fsp3) is 0. The molecular weight excluding hydrogens is 336 g/mol. The van der Waals surface area contributed by atoms with Gasteiger partial charge in [0.05, 0.1) is 15.5 Å². The first kappa shape index (κ1) is 15.7. The molecule has 7 nitrogen and oxygen atoms in total. The fourth-order valence-corrected chi connectivity index (χ4v) is 2.41. The van der Waals surface area contributed by atoms with Crippen LogP contribution in [0.1, 0.15) is 10.4 Å². The normalized spacial score (nSPS) is 10.5. The highest BCUT2D eigenvalue weighted by Crippen LogP contribution is 2.24. The molecule has 0 saturated carbocycles. The van der Waals surface area contributed by atoms with Gasteiger partial charge in [-0.1, -0.05) is 11.6 Å². The van der Waals surface area contributed by atoms with Crippen LogP contribution in [0.15, 0.2) is 57.7 Å². The topological polar surface area (TPSA) is 102 Å². The molecule has 1 aromatic heterocycles. The summed E-state index contributed by atoms with van der Waals surface area (Å²) in [6.07, 6.45) is 0. The highest BCUT2D eigenvalue weighted by Gasteiger charge is 2.15. The number of nitro benzene ring substituents is 1. The molecule has 1 heterocycles. The maximum atomic E-state index is 12.3. The predicted molar refractivity (Wildman–Crippen MR) is 88.5 cm³/mol. The maximum absolute atomic E-state index is 12.3. The van der Waals surface area contributed by atoms with Gasteiger partial charge in [0, 0.05) is 29.3 Å². The summed E-state index contributed by atoms with van der Waals surface area (Å²) in [5.74, 6) is -0.508. The lowest BCUT2D eigenvalue weighted by Gasteiger charge is -2.07. The molecule has 0 aliphatic heterocycles. The van der Waals surface area contributed by atoms with E-state index in [1.165, 1.54) is 18.2 Å². The number of non-ortho nitro benzene ring substituents is 1. The van der Waals surface area contributed by atoms with Gasteiger partial charge in [0.25, 0.3) is 11.6 Å². The molecule has 120 valence electrons. The SMILES string of the molecule is O=C(Nc1ccc2oc(=O)ccc2c1)c1ccc([N+](=O)[O-])cc1Cl. The van der Waals surface area contributed by atoms with Crippen LogP contribution in [-0.4, -0.2) is 10.8 Å². The third-order valence-electron chi connectivity index (χ3n) is 3.29. The first-order chi connectivity index (χ1) is 11.4. The number of anilines is 1. The van der Waals surface area contributed by atoms with Crippen molar-refractivity contribution in [2.24, 2.45) is 0 Å². The minimum Gasteiger partial charge on any atom is -0.423 e. The first-order valence-electron chi connectivity index (χ1n) is 6.73. The second-order valence-electron chi connectivity index (χ2n) is 4.88. The van der Waals surface area contributed by atoms with Crippen LogP contribution in [-0.2, 0) is 0 Å². The Balaban J connectivity index is 1.88. The van der Waals surface area contributed by atoms with E-state index in [9.17, 15) is 19.7 Å². The van der Waals surface area contributed by atoms with E-state index in [-0.39, 0.29) is 16.3 Å². The molecule has 0 saturated heterocycles.